The predicted molar refractivity (Wildman–Crippen MR) is 94.1 cm³/mol. The van der Waals surface area contributed by atoms with E-state index in [2.05, 4.69) is 23.6 Å². The molecule has 2 aromatic rings. The Labute approximate surface area is 137 Å². The van der Waals surface area contributed by atoms with Gasteiger partial charge in [0.1, 0.15) is 5.75 Å². The topological polar surface area (TPSA) is 50.4 Å². The van der Waals surface area contributed by atoms with Gasteiger partial charge in [0.05, 0.1) is 0 Å². The third-order valence-corrected chi connectivity index (χ3v) is 3.94. The van der Waals surface area contributed by atoms with E-state index in [0.717, 1.165) is 29.0 Å². The molecule has 0 spiro atoms. The van der Waals surface area contributed by atoms with Crippen molar-refractivity contribution in [1.29, 1.82) is 0 Å². The van der Waals surface area contributed by atoms with Gasteiger partial charge in [-0.05, 0) is 61.6 Å². The van der Waals surface area contributed by atoms with Crippen LogP contribution in [0.2, 0.25) is 0 Å². The van der Waals surface area contributed by atoms with Crippen molar-refractivity contribution in [1.82, 2.24) is 5.32 Å². The highest BCUT2D eigenvalue weighted by molar-refractivity contribution is 5.89. The first kappa shape index (κ1) is 16.9. The molecule has 0 saturated carbocycles. The second-order valence-electron chi connectivity index (χ2n) is 5.62. The van der Waals surface area contributed by atoms with E-state index in [1.165, 1.54) is 11.1 Å². The van der Waals surface area contributed by atoms with Gasteiger partial charge in [0, 0.05) is 5.69 Å². The molecule has 23 heavy (non-hydrogen) atoms. The molecule has 4 nitrogen and oxygen atoms in total. The number of carbonyl (C=O) groups is 1. The highest BCUT2D eigenvalue weighted by Crippen LogP contribution is 2.25. The highest BCUT2D eigenvalue weighted by Gasteiger charge is 2.07. The van der Waals surface area contributed by atoms with Crippen molar-refractivity contribution >= 4 is 11.7 Å². The molecule has 2 N–H and O–H groups in total. The molecule has 0 bridgehead atoms. The number of ether oxygens (including phenoxy) is 1. The Morgan fingerprint density at radius 1 is 1.00 bits per heavy atom. The molecule has 0 heterocycles. The van der Waals surface area contributed by atoms with Gasteiger partial charge < -0.3 is 15.4 Å². The summed E-state index contributed by atoms with van der Waals surface area (Å²) in [5.41, 5.74) is 5.34. The van der Waals surface area contributed by atoms with Crippen molar-refractivity contribution in [2.24, 2.45) is 0 Å². The third kappa shape index (κ3) is 4.49. The average molecular weight is 312 g/mol. The summed E-state index contributed by atoms with van der Waals surface area (Å²) in [6, 6.07) is 11.6. The van der Waals surface area contributed by atoms with Crippen molar-refractivity contribution in [3.63, 3.8) is 0 Å². The molecule has 0 aliphatic carbocycles. The minimum absolute atomic E-state index is 0.129. The molecule has 0 aliphatic heterocycles. The van der Waals surface area contributed by atoms with Crippen LogP contribution in [0, 0.1) is 20.8 Å². The molecule has 122 valence electrons. The van der Waals surface area contributed by atoms with E-state index >= 15 is 0 Å². The maximum Gasteiger partial charge on any atom is 0.321 e. The third-order valence-electron chi connectivity index (χ3n) is 3.94. The van der Waals surface area contributed by atoms with E-state index in [1.54, 1.807) is 0 Å². The van der Waals surface area contributed by atoms with E-state index in [1.807, 2.05) is 51.1 Å². The number of urea groups is 1. The van der Waals surface area contributed by atoms with Crippen LogP contribution in [-0.2, 0) is 6.42 Å². The van der Waals surface area contributed by atoms with E-state index in [4.69, 9.17) is 4.74 Å². The molecule has 2 amide bonds. The van der Waals surface area contributed by atoms with Gasteiger partial charge >= 0.3 is 6.03 Å². The van der Waals surface area contributed by atoms with Crippen LogP contribution in [0.1, 0.15) is 29.2 Å². The molecule has 0 aromatic heterocycles. The van der Waals surface area contributed by atoms with Gasteiger partial charge in [0.2, 0.25) is 0 Å². The average Bonchev–Trinajstić information content (AvgIpc) is 2.55. The second kappa shape index (κ2) is 7.68. The maximum absolute atomic E-state index is 11.9. The van der Waals surface area contributed by atoms with Crippen LogP contribution in [0.4, 0.5) is 10.5 Å². The van der Waals surface area contributed by atoms with Crippen LogP contribution >= 0.6 is 0 Å². The fraction of sp³-hybridized carbons (Fsp3) is 0.316. The first-order chi connectivity index (χ1) is 11.0. The molecule has 0 unspecified atom stereocenters. The predicted octanol–water partition coefficient (Wildman–Crippen LogP) is 4.33. The van der Waals surface area contributed by atoms with Crippen LogP contribution in [0.5, 0.6) is 5.75 Å². The standard InChI is InChI=1S/C19H24N2O2/c1-5-16-8-10-17(11-9-16)21-19(22)20-12-23-18-14(3)7-6-13(2)15(18)4/h6-11H,5,12H2,1-4H3,(H2,20,21,22). The van der Waals surface area contributed by atoms with Crippen LogP contribution in [0.15, 0.2) is 36.4 Å². The minimum Gasteiger partial charge on any atom is -0.473 e. The molecule has 0 saturated heterocycles. The Bertz CT molecular complexity index is 679. The molecule has 2 rings (SSSR count). The zero-order valence-corrected chi connectivity index (χ0v) is 14.2. The van der Waals surface area contributed by atoms with E-state index in [9.17, 15) is 4.79 Å². The number of hydrogen-bond acceptors (Lipinski definition) is 2. The molecule has 2 aromatic carbocycles. The number of nitrogens with one attached hydrogen (secondary N) is 2. The number of amides is 2. The Morgan fingerprint density at radius 2 is 1.65 bits per heavy atom. The van der Waals surface area contributed by atoms with Gasteiger partial charge in [-0.2, -0.15) is 0 Å². The van der Waals surface area contributed by atoms with Crippen molar-refractivity contribution in [2.45, 2.75) is 34.1 Å². The summed E-state index contributed by atoms with van der Waals surface area (Å²) >= 11 is 0. The molecule has 0 fully saturated rings. The summed E-state index contributed by atoms with van der Waals surface area (Å²) in [7, 11) is 0. The molecule has 4 heteroatoms. The minimum atomic E-state index is -0.280. The van der Waals surface area contributed by atoms with Gasteiger partial charge in [-0.3, -0.25) is 0 Å². The van der Waals surface area contributed by atoms with Crippen molar-refractivity contribution in [3.05, 3.63) is 58.7 Å². The summed E-state index contributed by atoms with van der Waals surface area (Å²) in [6.45, 7) is 8.29. The van der Waals surface area contributed by atoms with Crippen LogP contribution in [0.3, 0.4) is 0 Å². The molecular weight excluding hydrogens is 288 g/mol. The van der Waals surface area contributed by atoms with Crippen molar-refractivity contribution in [2.75, 3.05) is 12.0 Å². The van der Waals surface area contributed by atoms with Gasteiger partial charge in [-0.25, -0.2) is 4.79 Å². The van der Waals surface area contributed by atoms with Crippen LogP contribution in [0.25, 0.3) is 0 Å². The lowest BCUT2D eigenvalue weighted by Gasteiger charge is -2.14. The van der Waals surface area contributed by atoms with E-state index in [-0.39, 0.29) is 12.8 Å². The lowest BCUT2D eigenvalue weighted by molar-refractivity contribution is 0.234. The van der Waals surface area contributed by atoms with E-state index < -0.39 is 0 Å². The molecule has 0 radical (unpaired) electrons. The maximum atomic E-state index is 11.9. The van der Waals surface area contributed by atoms with Gasteiger partial charge in [-0.1, -0.05) is 31.2 Å². The fourth-order valence-corrected chi connectivity index (χ4v) is 2.32. The molecule has 0 atom stereocenters. The number of anilines is 1. The Kier molecular flexibility index (Phi) is 5.63. The lowest BCUT2D eigenvalue weighted by atomic mass is 10.1. The number of hydrogen-bond donors (Lipinski definition) is 2. The van der Waals surface area contributed by atoms with Crippen molar-refractivity contribution in [3.8, 4) is 5.75 Å². The first-order valence-corrected chi connectivity index (χ1v) is 7.84. The summed E-state index contributed by atoms with van der Waals surface area (Å²) in [5, 5.41) is 5.50. The number of carbonyl (C=O) groups excluding carboxylic acids is 1. The van der Waals surface area contributed by atoms with Crippen LogP contribution < -0.4 is 15.4 Å². The van der Waals surface area contributed by atoms with Crippen molar-refractivity contribution < 1.29 is 9.53 Å². The molecule has 0 aliphatic rings. The Morgan fingerprint density at radius 3 is 2.30 bits per heavy atom. The zero-order chi connectivity index (χ0) is 16.8. The summed E-state index contributed by atoms with van der Waals surface area (Å²) in [6.07, 6.45) is 0.982. The lowest BCUT2D eigenvalue weighted by Crippen LogP contribution is -2.32. The SMILES string of the molecule is CCc1ccc(NC(=O)NCOc2c(C)ccc(C)c2C)cc1. The number of aryl methyl sites for hydroxylation is 3. The highest BCUT2D eigenvalue weighted by atomic mass is 16.5. The number of benzene rings is 2. The summed E-state index contributed by atoms with van der Waals surface area (Å²) in [4.78, 5) is 11.9. The van der Waals surface area contributed by atoms with E-state index in [0.29, 0.717) is 0 Å². The van der Waals surface area contributed by atoms with Gasteiger partial charge in [0.25, 0.3) is 0 Å². The Balaban J connectivity index is 1.86. The zero-order valence-electron chi connectivity index (χ0n) is 14.2. The Hall–Kier alpha value is -2.49. The quantitative estimate of drug-likeness (QED) is 0.807. The molecular formula is C19H24N2O2. The summed E-state index contributed by atoms with van der Waals surface area (Å²) in [5.74, 6) is 0.831. The monoisotopic (exact) mass is 312 g/mol. The number of rotatable bonds is 5. The summed E-state index contributed by atoms with van der Waals surface area (Å²) < 4.78 is 5.72. The van der Waals surface area contributed by atoms with Gasteiger partial charge in [-0.15, -0.1) is 0 Å². The largest absolute Gasteiger partial charge is 0.473 e. The second-order valence-corrected chi connectivity index (χ2v) is 5.62. The normalized spacial score (nSPS) is 10.3. The fourth-order valence-electron chi connectivity index (χ4n) is 2.32. The van der Waals surface area contributed by atoms with Crippen LogP contribution in [-0.4, -0.2) is 12.8 Å². The smallest absolute Gasteiger partial charge is 0.321 e. The van der Waals surface area contributed by atoms with Gasteiger partial charge in [0.15, 0.2) is 6.73 Å². The first-order valence-electron chi connectivity index (χ1n) is 7.84.